The van der Waals surface area contributed by atoms with E-state index < -0.39 is 45.9 Å². The number of thioether (sulfide) groups is 2. The van der Waals surface area contributed by atoms with Crippen molar-refractivity contribution in [2.75, 3.05) is 11.5 Å². The van der Waals surface area contributed by atoms with Crippen LogP contribution in [0.25, 0.3) is 0 Å². The Labute approximate surface area is 517 Å². The largest absolute Gasteiger partial charge is 0.370 e. The smallest absolute Gasteiger partial charge is 0.261 e. The van der Waals surface area contributed by atoms with Gasteiger partial charge in [0.25, 0.3) is 5.79 Å². The van der Waals surface area contributed by atoms with Gasteiger partial charge >= 0.3 is 0 Å². The van der Waals surface area contributed by atoms with Crippen molar-refractivity contribution >= 4 is 29.3 Å². The Balaban J connectivity index is 0.000000192. The fraction of sp³-hybridized carbons (Fsp3) is 0.347. The standard InChI is InChI=1S/C39H44O4S2.C36H38O5/c1-3-35-29(2)36(41-27-31-18-9-5-10-19-31)37(42-28-32-20-11-6-12-21-32)38(40,43-35)39(44-24-15-25-45-39)34-23-14-13-22-33(34)26-30-16-7-4-8-17-30;1-3-32-26(2)33(39-24-28-17-9-5-10-18-28)35(40-25-29-19-11-6-12-20-29)36(38,41-32)34(37)31-22-14-13-21-30(31)23-27-15-7-4-8-16-27/h4-14,16-23,29,35-37,40H,3,15,24-28H2,1-2H3;4-22,26,32-33,35,38H,3,23-25H2,1-2H3/t29-,35-,36+,37-,38-;26-,32-,33+,35-,36+/m11/s1. The van der Waals surface area contributed by atoms with E-state index in [4.69, 9.17) is 28.4 Å². The van der Waals surface area contributed by atoms with Crippen LogP contribution in [0, 0.1) is 11.8 Å². The predicted octanol–water partition coefficient (Wildman–Crippen LogP) is 15.4. The topological polar surface area (TPSA) is 113 Å². The lowest BCUT2D eigenvalue weighted by molar-refractivity contribution is -0.357. The summed E-state index contributed by atoms with van der Waals surface area (Å²) in [5, 5.41) is 25.8. The lowest BCUT2D eigenvalue weighted by Crippen LogP contribution is -2.69. The molecule has 9 nitrogen and oxygen atoms in total. The van der Waals surface area contributed by atoms with Gasteiger partial charge in [-0.05, 0) is 93.7 Å². The number of hydrogen-bond donors (Lipinski definition) is 2. The van der Waals surface area contributed by atoms with Gasteiger partial charge in [0.1, 0.15) is 16.3 Å². The maximum absolute atomic E-state index is 14.4. The molecule has 8 aromatic rings. The first kappa shape index (κ1) is 62.8. The summed E-state index contributed by atoms with van der Waals surface area (Å²) >= 11 is 3.60. The number of carbonyl (C=O) groups excluding carboxylic acids is 1. The van der Waals surface area contributed by atoms with Crippen molar-refractivity contribution in [1.29, 1.82) is 0 Å². The van der Waals surface area contributed by atoms with Crippen LogP contribution in [0.2, 0.25) is 0 Å². The summed E-state index contributed by atoms with van der Waals surface area (Å²) < 4.78 is 39.2. The number of aliphatic hydroxyl groups is 2. The highest BCUT2D eigenvalue weighted by atomic mass is 32.2. The molecule has 3 heterocycles. The third-order valence-electron chi connectivity index (χ3n) is 17.0. The highest BCUT2D eigenvalue weighted by Crippen LogP contribution is 2.62. The number of Topliss-reactive ketones (excluding diaryl/α,β-unsaturated/α-hetero) is 1. The second-order valence-electron chi connectivity index (χ2n) is 22.8. The first-order valence-electron chi connectivity index (χ1n) is 30.5. The normalized spacial score (nSPS) is 25.3. The van der Waals surface area contributed by atoms with Crippen molar-refractivity contribution in [2.45, 2.75) is 139 Å². The Kier molecular flexibility index (Phi) is 22.0. The predicted molar refractivity (Wildman–Crippen MR) is 346 cm³/mol. The zero-order chi connectivity index (χ0) is 59.8. The molecule has 0 unspecified atom stereocenters. The Bertz CT molecular complexity index is 3320. The number of carbonyl (C=O) groups is 1. The molecule has 0 saturated carbocycles. The molecule has 0 amide bonds. The first-order chi connectivity index (χ1) is 42.0. The lowest BCUT2D eigenvalue weighted by atomic mass is 9.81. The van der Waals surface area contributed by atoms with Crippen molar-refractivity contribution in [3.8, 4) is 0 Å². The molecule has 0 aliphatic carbocycles. The minimum Gasteiger partial charge on any atom is -0.370 e. The Hall–Kier alpha value is -6.19. The molecule has 0 spiro atoms. The van der Waals surface area contributed by atoms with Crippen LogP contribution in [-0.2, 0) is 71.8 Å². The molecular weight excluding hydrogens is 1110 g/mol. The molecule has 3 fully saturated rings. The van der Waals surface area contributed by atoms with Gasteiger partial charge in [-0.1, -0.05) is 258 Å². The van der Waals surface area contributed by atoms with Gasteiger partial charge < -0.3 is 38.6 Å². The van der Waals surface area contributed by atoms with Gasteiger partial charge in [0.05, 0.1) is 50.8 Å². The minimum absolute atomic E-state index is 0.00923. The summed E-state index contributed by atoms with van der Waals surface area (Å²) in [6.07, 6.45) is 0.399. The second kappa shape index (κ2) is 30.1. The third-order valence-corrected chi connectivity index (χ3v) is 20.5. The number of ether oxygens (including phenoxy) is 6. The van der Waals surface area contributed by atoms with Crippen molar-refractivity contribution < 1.29 is 43.4 Å². The number of rotatable bonds is 22. The van der Waals surface area contributed by atoms with E-state index in [0.717, 1.165) is 69.7 Å². The molecule has 0 aromatic heterocycles. The van der Waals surface area contributed by atoms with Crippen LogP contribution in [0.1, 0.15) is 107 Å². The quantitative estimate of drug-likeness (QED) is 0.0633. The van der Waals surface area contributed by atoms with E-state index in [0.29, 0.717) is 38.2 Å². The molecule has 10 atom stereocenters. The fourth-order valence-electron chi connectivity index (χ4n) is 12.3. The molecule has 448 valence electrons. The SMILES string of the molecule is CC[C@H]1O[C@@](O)(C(=O)c2ccccc2Cc2ccccc2)[C@H](OCc2ccccc2)[C@@H](OCc2ccccc2)[C@@H]1C.CC[C@H]1O[C@@](O)(C2(c3ccccc3Cc3ccccc3)SCCCS2)[C@H](OCc2ccccc2)[C@@H](OCc2ccccc2)[C@@H]1C. The summed E-state index contributed by atoms with van der Waals surface area (Å²) in [6, 6.07) is 76.6. The lowest BCUT2D eigenvalue weighted by Gasteiger charge is -2.58. The zero-order valence-corrected chi connectivity index (χ0v) is 51.5. The molecule has 86 heavy (non-hydrogen) atoms. The summed E-state index contributed by atoms with van der Waals surface area (Å²) in [5.41, 5.74) is 9.92. The summed E-state index contributed by atoms with van der Waals surface area (Å²) in [4.78, 5) is 14.4. The van der Waals surface area contributed by atoms with Crippen LogP contribution in [0.15, 0.2) is 231 Å². The van der Waals surface area contributed by atoms with E-state index in [2.05, 4.69) is 92.7 Å². The summed E-state index contributed by atoms with van der Waals surface area (Å²) in [6.45, 7) is 9.66. The highest BCUT2D eigenvalue weighted by molar-refractivity contribution is 8.18. The van der Waals surface area contributed by atoms with E-state index in [-0.39, 0.29) is 30.7 Å². The van der Waals surface area contributed by atoms with Crippen LogP contribution in [0.5, 0.6) is 0 Å². The van der Waals surface area contributed by atoms with E-state index >= 15 is 0 Å². The van der Waals surface area contributed by atoms with E-state index in [1.807, 2.05) is 159 Å². The van der Waals surface area contributed by atoms with Crippen molar-refractivity contribution in [2.24, 2.45) is 11.8 Å². The zero-order valence-electron chi connectivity index (χ0n) is 49.9. The van der Waals surface area contributed by atoms with Crippen LogP contribution >= 0.6 is 23.5 Å². The Morgan fingerprint density at radius 2 is 0.814 bits per heavy atom. The van der Waals surface area contributed by atoms with Crippen molar-refractivity contribution in [3.63, 3.8) is 0 Å². The number of benzene rings is 8. The molecule has 3 aliphatic heterocycles. The van der Waals surface area contributed by atoms with Crippen LogP contribution < -0.4 is 0 Å². The van der Waals surface area contributed by atoms with Gasteiger partial charge in [0, 0.05) is 17.4 Å². The van der Waals surface area contributed by atoms with Crippen LogP contribution in [0.3, 0.4) is 0 Å². The van der Waals surface area contributed by atoms with Gasteiger partial charge in [-0.15, -0.1) is 23.5 Å². The Morgan fingerprint density at radius 3 is 1.28 bits per heavy atom. The monoisotopic (exact) mass is 1190 g/mol. The average Bonchev–Trinajstić information content (AvgIpc) is 0.765. The third kappa shape index (κ3) is 14.7. The molecule has 0 radical (unpaired) electrons. The van der Waals surface area contributed by atoms with Gasteiger partial charge in [0.2, 0.25) is 11.6 Å². The first-order valence-corrected chi connectivity index (χ1v) is 32.5. The van der Waals surface area contributed by atoms with Gasteiger partial charge in [-0.2, -0.15) is 0 Å². The Morgan fingerprint density at radius 1 is 0.453 bits per heavy atom. The molecule has 2 N–H and O–H groups in total. The fourth-order valence-corrected chi connectivity index (χ4v) is 16.0. The van der Waals surface area contributed by atoms with Gasteiger partial charge in [-0.3, -0.25) is 4.79 Å². The minimum atomic E-state index is -2.24. The maximum atomic E-state index is 14.4. The molecule has 8 aromatic carbocycles. The molecule has 11 heteroatoms. The molecule has 0 bridgehead atoms. The summed E-state index contributed by atoms with van der Waals surface area (Å²) in [7, 11) is 0. The van der Waals surface area contributed by atoms with Gasteiger partial charge in [-0.25, -0.2) is 0 Å². The van der Waals surface area contributed by atoms with E-state index in [1.54, 1.807) is 29.6 Å². The molecular formula is C75H82O9S2. The van der Waals surface area contributed by atoms with Crippen molar-refractivity contribution in [3.05, 3.63) is 286 Å². The molecule has 11 rings (SSSR count). The van der Waals surface area contributed by atoms with E-state index in [9.17, 15) is 15.0 Å². The second-order valence-corrected chi connectivity index (χ2v) is 25.7. The average molecular weight is 1190 g/mol. The summed E-state index contributed by atoms with van der Waals surface area (Å²) in [5.74, 6) is -2.69. The molecule has 3 aliphatic rings. The maximum Gasteiger partial charge on any atom is 0.261 e. The number of hydrogen-bond acceptors (Lipinski definition) is 11. The van der Waals surface area contributed by atoms with Gasteiger partial charge in [0.15, 0.2) is 0 Å². The molecule has 3 saturated heterocycles. The van der Waals surface area contributed by atoms with Crippen LogP contribution in [0.4, 0.5) is 0 Å². The van der Waals surface area contributed by atoms with E-state index in [1.165, 1.54) is 11.1 Å². The van der Waals surface area contributed by atoms with Crippen LogP contribution in [-0.4, -0.2) is 75.7 Å². The number of ketones is 1. The highest BCUT2D eigenvalue weighted by Gasteiger charge is 2.66. The van der Waals surface area contributed by atoms with Crippen molar-refractivity contribution in [1.82, 2.24) is 0 Å².